The van der Waals surface area contributed by atoms with Gasteiger partial charge in [0.15, 0.2) is 0 Å². The molecule has 0 aliphatic carbocycles. The van der Waals surface area contributed by atoms with Crippen LogP contribution in [-0.2, 0) is 0 Å². The summed E-state index contributed by atoms with van der Waals surface area (Å²) in [5.74, 6) is -1.35. The zero-order valence-corrected chi connectivity index (χ0v) is 8.44. The van der Waals surface area contributed by atoms with Crippen molar-refractivity contribution < 1.29 is 13.9 Å². The van der Waals surface area contributed by atoms with Gasteiger partial charge in [0.1, 0.15) is 11.6 Å². The summed E-state index contributed by atoms with van der Waals surface area (Å²) in [7, 11) is 0. The molecule has 1 rings (SSSR count). The summed E-state index contributed by atoms with van der Waals surface area (Å²) in [5.41, 5.74) is 5.23. The van der Waals surface area contributed by atoms with Crippen molar-refractivity contribution in [3.63, 3.8) is 0 Å². The lowest BCUT2D eigenvalue weighted by Crippen LogP contribution is -2.13. The van der Waals surface area contributed by atoms with Crippen LogP contribution in [0.1, 0.15) is 11.7 Å². The van der Waals surface area contributed by atoms with Crippen LogP contribution in [0.4, 0.5) is 8.78 Å². The van der Waals surface area contributed by atoms with Crippen molar-refractivity contribution in [2.45, 2.75) is 11.0 Å². The third kappa shape index (κ3) is 2.05. The Kier molecular flexibility index (Phi) is 3.86. The summed E-state index contributed by atoms with van der Waals surface area (Å²) in [6.07, 6.45) is 0.488. The Bertz CT molecular complexity index is 333. The predicted octanol–water partition coefficient (Wildman–Crippen LogP) is 1.68. The molecule has 0 spiro atoms. The lowest BCUT2D eigenvalue weighted by molar-refractivity contribution is 0.180. The number of rotatable bonds is 3. The first kappa shape index (κ1) is 11.4. The Morgan fingerprint density at radius 2 is 2.14 bits per heavy atom. The molecule has 3 N–H and O–H groups in total. The minimum atomic E-state index is -1.08. The van der Waals surface area contributed by atoms with Gasteiger partial charge < -0.3 is 10.8 Å². The first-order chi connectivity index (χ1) is 6.61. The number of nitrogens with two attached hydrogens (primary N) is 1. The smallest absolute Gasteiger partial charge is 0.145 e. The highest BCUT2D eigenvalue weighted by atomic mass is 32.2. The van der Waals surface area contributed by atoms with Gasteiger partial charge in [-0.2, -0.15) is 0 Å². The highest BCUT2D eigenvalue weighted by molar-refractivity contribution is 7.98. The standard InChI is InChI=1S/C9H11F2NOS/c1-14-9-6(10)3-2-5(8(9)11)7(13)4-12/h2-3,7,13H,4,12H2,1H3. The van der Waals surface area contributed by atoms with Crippen LogP contribution in [0.15, 0.2) is 17.0 Å². The van der Waals surface area contributed by atoms with Gasteiger partial charge in [-0.15, -0.1) is 11.8 Å². The molecule has 0 amide bonds. The quantitative estimate of drug-likeness (QED) is 0.760. The van der Waals surface area contributed by atoms with Crippen LogP contribution < -0.4 is 5.73 Å². The maximum absolute atomic E-state index is 13.5. The molecule has 0 aliphatic rings. The van der Waals surface area contributed by atoms with E-state index in [1.54, 1.807) is 6.26 Å². The molecular formula is C9H11F2NOS. The molecule has 0 aliphatic heterocycles. The second kappa shape index (κ2) is 4.72. The molecule has 0 heterocycles. The molecule has 0 bridgehead atoms. The summed E-state index contributed by atoms with van der Waals surface area (Å²) in [6.45, 7) is -0.0869. The maximum atomic E-state index is 13.5. The topological polar surface area (TPSA) is 46.2 Å². The number of aliphatic hydroxyl groups excluding tert-OH is 1. The van der Waals surface area contributed by atoms with Gasteiger partial charge >= 0.3 is 0 Å². The molecule has 2 nitrogen and oxygen atoms in total. The van der Waals surface area contributed by atoms with E-state index in [1.807, 2.05) is 0 Å². The zero-order chi connectivity index (χ0) is 10.7. The molecule has 0 saturated heterocycles. The third-order valence-electron chi connectivity index (χ3n) is 1.87. The van der Waals surface area contributed by atoms with Crippen LogP contribution in [0.25, 0.3) is 0 Å². The van der Waals surface area contributed by atoms with Crippen LogP contribution in [-0.4, -0.2) is 17.9 Å². The van der Waals surface area contributed by atoms with Crippen LogP contribution in [0.5, 0.6) is 0 Å². The van der Waals surface area contributed by atoms with Crippen molar-refractivity contribution in [1.82, 2.24) is 0 Å². The Labute approximate surface area is 85.1 Å². The normalized spacial score (nSPS) is 12.9. The van der Waals surface area contributed by atoms with E-state index in [1.165, 1.54) is 6.07 Å². The van der Waals surface area contributed by atoms with E-state index in [9.17, 15) is 13.9 Å². The maximum Gasteiger partial charge on any atom is 0.145 e. The van der Waals surface area contributed by atoms with Gasteiger partial charge in [-0.1, -0.05) is 6.07 Å². The van der Waals surface area contributed by atoms with Crippen LogP contribution in [0, 0.1) is 11.6 Å². The highest BCUT2D eigenvalue weighted by Gasteiger charge is 2.17. The van der Waals surface area contributed by atoms with Gasteiger partial charge in [-0.05, 0) is 12.3 Å². The van der Waals surface area contributed by atoms with Crippen molar-refractivity contribution in [2.24, 2.45) is 5.73 Å². The van der Waals surface area contributed by atoms with Crippen molar-refractivity contribution >= 4 is 11.8 Å². The van der Waals surface area contributed by atoms with E-state index in [0.29, 0.717) is 0 Å². The van der Waals surface area contributed by atoms with Gasteiger partial charge in [-0.25, -0.2) is 8.78 Å². The molecule has 0 aromatic heterocycles. The van der Waals surface area contributed by atoms with Gasteiger partial charge in [0, 0.05) is 12.1 Å². The lowest BCUT2D eigenvalue weighted by Gasteiger charge is -2.11. The summed E-state index contributed by atoms with van der Waals surface area (Å²) in [5, 5.41) is 9.32. The minimum Gasteiger partial charge on any atom is -0.387 e. The molecule has 0 radical (unpaired) electrons. The molecular weight excluding hydrogens is 208 g/mol. The van der Waals surface area contributed by atoms with Crippen LogP contribution >= 0.6 is 11.8 Å². The second-order valence-electron chi connectivity index (χ2n) is 2.74. The molecule has 78 valence electrons. The largest absolute Gasteiger partial charge is 0.387 e. The fourth-order valence-electron chi connectivity index (χ4n) is 1.12. The fraction of sp³-hybridized carbons (Fsp3) is 0.333. The van der Waals surface area contributed by atoms with Crippen LogP contribution in [0.2, 0.25) is 0 Å². The first-order valence-electron chi connectivity index (χ1n) is 4.01. The molecule has 0 fully saturated rings. The van der Waals surface area contributed by atoms with E-state index < -0.39 is 17.7 Å². The molecule has 1 atom stereocenters. The first-order valence-corrected chi connectivity index (χ1v) is 5.24. The number of thioether (sulfide) groups is 1. The molecule has 5 heteroatoms. The van der Waals surface area contributed by atoms with E-state index in [2.05, 4.69) is 0 Å². The zero-order valence-electron chi connectivity index (χ0n) is 7.63. The summed E-state index contributed by atoms with van der Waals surface area (Å²) in [4.78, 5) is -0.0880. The number of halogens is 2. The Morgan fingerprint density at radius 1 is 1.50 bits per heavy atom. The second-order valence-corrected chi connectivity index (χ2v) is 3.55. The molecule has 1 unspecified atom stereocenters. The number of benzene rings is 1. The lowest BCUT2D eigenvalue weighted by atomic mass is 10.1. The van der Waals surface area contributed by atoms with E-state index in [-0.39, 0.29) is 17.0 Å². The number of hydrogen-bond acceptors (Lipinski definition) is 3. The van der Waals surface area contributed by atoms with Gasteiger partial charge in [-0.3, -0.25) is 0 Å². The van der Waals surface area contributed by atoms with Crippen LogP contribution in [0.3, 0.4) is 0 Å². The van der Waals surface area contributed by atoms with Crippen molar-refractivity contribution in [3.05, 3.63) is 29.3 Å². The van der Waals surface area contributed by atoms with E-state index >= 15 is 0 Å². The van der Waals surface area contributed by atoms with Gasteiger partial charge in [0.25, 0.3) is 0 Å². The number of hydrogen-bond donors (Lipinski definition) is 2. The summed E-state index contributed by atoms with van der Waals surface area (Å²) < 4.78 is 26.5. The molecule has 14 heavy (non-hydrogen) atoms. The summed E-state index contributed by atoms with van der Waals surface area (Å²) in [6, 6.07) is 2.34. The third-order valence-corrected chi connectivity index (χ3v) is 2.65. The fourth-order valence-corrected chi connectivity index (χ4v) is 1.68. The SMILES string of the molecule is CSc1c(F)ccc(C(O)CN)c1F. The average molecular weight is 219 g/mol. The van der Waals surface area contributed by atoms with Crippen molar-refractivity contribution in [3.8, 4) is 0 Å². The van der Waals surface area contributed by atoms with Crippen molar-refractivity contribution in [2.75, 3.05) is 12.8 Å². The van der Waals surface area contributed by atoms with Gasteiger partial charge in [0.05, 0.1) is 11.0 Å². The summed E-state index contributed by atoms with van der Waals surface area (Å²) >= 11 is 0.962. The predicted molar refractivity (Wildman–Crippen MR) is 52.2 cm³/mol. The monoisotopic (exact) mass is 219 g/mol. The highest BCUT2D eigenvalue weighted by Crippen LogP contribution is 2.28. The molecule has 1 aromatic rings. The van der Waals surface area contributed by atoms with Crippen molar-refractivity contribution in [1.29, 1.82) is 0 Å². The Morgan fingerprint density at radius 3 is 2.64 bits per heavy atom. The Balaban J connectivity index is 3.21. The average Bonchev–Trinajstić information content (AvgIpc) is 2.18. The van der Waals surface area contributed by atoms with E-state index in [0.717, 1.165) is 17.8 Å². The Hall–Kier alpha value is -0.650. The van der Waals surface area contributed by atoms with E-state index in [4.69, 9.17) is 5.73 Å². The minimum absolute atomic E-state index is 0.0400. The van der Waals surface area contributed by atoms with Gasteiger partial charge in [0.2, 0.25) is 0 Å². The molecule has 0 saturated carbocycles. The number of aliphatic hydroxyl groups is 1. The molecule has 1 aromatic carbocycles.